The fraction of sp³-hybridized carbons (Fsp3) is 0.353. The van der Waals surface area contributed by atoms with E-state index < -0.39 is 0 Å². The van der Waals surface area contributed by atoms with Gasteiger partial charge in [-0.25, -0.2) is 0 Å². The molecule has 0 unspecified atom stereocenters. The van der Waals surface area contributed by atoms with Crippen LogP contribution in [0.2, 0.25) is 0 Å². The van der Waals surface area contributed by atoms with Crippen molar-refractivity contribution in [2.24, 2.45) is 11.8 Å². The molecule has 0 saturated carbocycles. The fourth-order valence-corrected chi connectivity index (χ4v) is 4.01. The SMILES string of the molecule is N#CC1=C[C@@H]2c3ccccc3[C@H]1[C@@H]1C=C[C@H]2CC1. The normalized spacial score (nSPS) is 35.4. The van der Waals surface area contributed by atoms with Crippen LogP contribution in [-0.4, -0.2) is 0 Å². The Balaban J connectivity index is 2.01. The lowest BCUT2D eigenvalue weighted by Gasteiger charge is -2.42. The van der Waals surface area contributed by atoms with Gasteiger partial charge in [0.25, 0.3) is 0 Å². The molecule has 0 spiro atoms. The summed E-state index contributed by atoms with van der Waals surface area (Å²) < 4.78 is 0. The second-order valence-electron chi connectivity index (χ2n) is 5.66. The largest absolute Gasteiger partial charge is 0.193 e. The van der Waals surface area contributed by atoms with Crippen LogP contribution >= 0.6 is 0 Å². The first-order chi connectivity index (χ1) is 8.88. The molecule has 1 nitrogen and oxygen atoms in total. The Hall–Kier alpha value is -1.81. The molecule has 0 radical (unpaired) electrons. The molecule has 1 aromatic rings. The van der Waals surface area contributed by atoms with Gasteiger partial charge in [0.2, 0.25) is 0 Å². The van der Waals surface area contributed by atoms with Crippen molar-refractivity contribution in [3.05, 3.63) is 59.2 Å². The minimum Gasteiger partial charge on any atom is -0.193 e. The highest BCUT2D eigenvalue weighted by Crippen LogP contribution is 2.52. The number of hydrogen-bond donors (Lipinski definition) is 0. The van der Waals surface area contributed by atoms with Crippen LogP contribution < -0.4 is 0 Å². The average Bonchev–Trinajstić information content (AvgIpc) is 2.41. The molecule has 0 aliphatic heterocycles. The zero-order valence-corrected chi connectivity index (χ0v) is 10.2. The maximum absolute atomic E-state index is 9.44. The quantitative estimate of drug-likeness (QED) is 0.623. The summed E-state index contributed by atoms with van der Waals surface area (Å²) in [5.74, 6) is 1.84. The highest BCUT2D eigenvalue weighted by molar-refractivity contribution is 5.52. The van der Waals surface area contributed by atoms with Gasteiger partial charge in [-0.1, -0.05) is 42.5 Å². The Labute approximate surface area is 107 Å². The molecule has 6 aliphatic carbocycles. The van der Waals surface area contributed by atoms with Crippen LogP contribution in [0.1, 0.15) is 35.8 Å². The lowest BCUT2D eigenvalue weighted by atomic mass is 9.61. The lowest BCUT2D eigenvalue weighted by molar-refractivity contribution is 0.369. The maximum Gasteiger partial charge on any atom is 0.0950 e. The molecule has 1 heteroatoms. The summed E-state index contributed by atoms with van der Waals surface area (Å²) >= 11 is 0. The number of rotatable bonds is 0. The van der Waals surface area contributed by atoms with Gasteiger partial charge in [-0.3, -0.25) is 0 Å². The van der Waals surface area contributed by atoms with Crippen molar-refractivity contribution >= 4 is 0 Å². The topological polar surface area (TPSA) is 23.8 Å². The Morgan fingerprint density at radius 2 is 1.72 bits per heavy atom. The molecule has 18 heavy (non-hydrogen) atoms. The van der Waals surface area contributed by atoms with Crippen LogP contribution in [0.4, 0.5) is 0 Å². The van der Waals surface area contributed by atoms with Crippen LogP contribution in [0.15, 0.2) is 48.1 Å². The first-order valence-corrected chi connectivity index (χ1v) is 6.77. The minimum absolute atomic E-state index is 0.306. The van der Waals surface area contributed by atoms with Gasteiger partial charge in [-0.15, -0.1) is 0 Å². The molecule has 0 N–H and O–H groups in total. The van der Waals surface area contributed by atoms with E-state index in [-0.39, 0.29) is 0 Å². The number of hydrogen-bond acceptors (Lipinski definition) is 1. The van der Waals surface area contributed by atoms with E-state index in [0.717, 1.165) is 5.57 Å². The predicted octanol–water partition coefficient (Wildman–Crippen LogP) is 3.91. The van der Waals surface area contributed by atoms with Crippen molar-refractivity contribution in [3.8, 4) is 6.07 Å². The Morgan fingerprint density at radius 1 is 1.00 bits per heavy atom. The van der Waals surface area contributed by atoms with Crippen LogP contribution in [0.5, 0.6) is 0 Å². The Bertz CT molecular complexity index is 602. The maximum atomic E-state index is 9.44. The van der Waals surface area contributed by atoms with E-state index in [1.54, 1.807) is 0 Å². The van der Waals surface area contributed by atoms with Gasteiger partial charge in [-0.2, -0.15) is 5.26 Å². The van der Waals surface area contributed by atoms with Gasteiger partial charge in [0.15, 0.2) is 0 Å². The van der Waals surface area contributed by atoms with E-state index in [0.29, 0.717) is 23.7 Å². The number of nitriles is 1. The first kappa shape index (κ1) is 10.1. The van der Waals surface area contributed by atoms with Crippen LogP contribution in [0, 0.1) is 23.2 Å². The van der Waals surface area contributed by atoms with Crippen molar-refractivity contribution in [2.45, 2.75) is 24.7 Å². The Kier molecular flexibility index (Phi) is 2.02. The summed E-state index contributed by atoms with van der Waals surface area (Å²) in [6.45, 7) is 0. The van der Waals surface area contributed by atoms with Crippen LogP contribution in [-0.2, 0) is 0 Å². The zero-order chi connectivity index (χ0) is 12.1. The van der Waals surface area contributed by atoms with Crippen molar-refractivity contribution in [2.75, 3.05) is 0 Å². The summed E-state index contributed by atoms with van der Waals surface area (Å²) in [4.78, 5) is 0. The highest BCUT2D eigenvalue weighted by atomic mass is 14.4. The van der Waals surface area contributed by atoms with E-state index in [4.69, 9.17) is 0 Å². The molecule has 0 heterocycles. The summed E-state index contributed by atoms with van der Waals surface area (Å²) in [7, 11) is 0. The third kappa shape index (κ3) is 1.21. The molecule has 0 fully saturated rings. The van der Waals surface area contributed by atoms with Gasteiger partial charge in [0.1, 0.15) is 0 Å². The third-order valence-electron chi connectivity index (χ3n) is 4.84. The minimum atomic E-state index is 0.306. The molecule has 0 saturated heterocycles. The third-order valence-corrected chi connectivity index (χ3v) is 4.84. The molecule has 0 aromatic heterocycles. The summed E-state index contributed by atoms with van der Waals surface area (Å²) in [5, 5.41) is 9.44. The van der Waals surface area contributed by atoms with Crippen molar-refractivity contribution in [3.63, 3.8) is 0 Å². The van der Waals surface area contributed by atoms with Gasteiger partial charge in [-0.05, 0) is 35.8 Å². The molecule has 6 aliphatic rings. The van der Waals surface area contributed by atoms with Crippen LogP contribution in [0.25, 0.3) is 0 Å². The average molecular weight is 233 g/mol. The van der Waals surface area contributed by atoms with Crippen molar-refractivity contribution in [1.29, 1.82) is 5.26 Å². The number of nitrogens with zero attached hydrogens (tertiary/aromatic N) is 1. The molecule has 7 rings (SSSR count). The second kappa shape index (κ2) is 3.59. The van der Waals surface area contributed by atoms with E-state index in [9.17, 15) is 5.26 Å². The molecule has 88 valence electrons. The second-order valence-corrected chi connectivity index (χ2v) is 5.66. The van der Waals surface area contributed by atoms with E-state index in [2.05, 4.69) is 48.6 Å². The standard InChI is InChI=1S/C17H15N/c18-10-13-9-16-11-5-7-12(8-6-11)17(13)15-4-2-1-3-14(15)16/h1-5,7,9,11-12,16-17H,6,8H2/t11-,12+,16-,17-/m0/s1. The van der Waals surface area contributed by atoms with E-state index >= 15 is 0 Å². The molecule has 1 aromatic carbocycles. The van der Waals surface area contributed by atoms with Crippen molar-refractivity contribution < 1.29 is 0 Å². The molecule has 4 bridgehead atoms. The summed E-state index contributed by atoms with van der Waals surface area (Å²) in [5.41, 5.74) is 3.86. The number of benzene rings is 1. The number of allylic oxidation sites excluding steroid dienone is 4. The van der Waals surface area contributed by atoms with Crippen molar-refractivity contribution in [1.82, 2.24) is 0 Å². The molecule has 4 atom stereocenters. The van der Waals surface area contributed by atoms with E-state index in [1.807, 2.05) is 0 Å². The van der Waals surface area contributed by atoms with Gasteiger partial charge in [0, 0.05) is 17.4 Å². The van der Waals surface area contributed by atoms with Gasteiger partial charge < -0.3 is 0 Å². The van der Waals surface area contributed by atoms with Gasteiger partial charge >= 0.3 is 0 Å². The van der Waals surface area contributed by atoms with Crippen LogP contribution in [0.3, 0.4) is 0 Å². The Morgan fingerprint density at radius 3 is 2.44 bits per heavy atom. The predicted molar refractivity (Wildman–Crippen MR) is 71.0 cm³/mol. The monoisotopic (exact) mass is 233 g/mol. The molecule has 0 amide bonds. The van der Waals surface area contributed by atoms with Gasteiger partial charge in [0.05, 0.1) is 6.07 Å². The van der Waals surface area contributed by atoms with E-state index in [1.165, 1.54) is 24.0 Å². The highest BCUT2D eigenvalue weighted by Gasteiger charge is 2.40. The zero-order valence-electron chi connectivity index (χ0n) is 10.2. The fourth-order valence-electron chi connectivity index (χ4n) is 4.01. The first-order valence-electron chi connectivity index (χ1n) is 6.77. The summed E-state index contributed by atoms with van der Waals surface area (Å²) in [6, 6.07) is 11.2. The lowest BCUT2D eigenvalue weighted by Crippen LogP contribution is -2.30. The molecular weight excluding hydrogens is 218 g/mol. The molecular formula is C17H15N. The summed E-state index contributed by atoms with van der Waals surface area (Å²) in [6.07, 6.45) is 9.51. The smallest absolute Gasteiger partial charge is 0.0950 e.